The highest BCUT2D eigenvalue weighted by Crippen LogP contribution is 2.46. The number of carbonyl (C=O) groups is 1. The summed E-state index contributed by atoms with van der Waals surface area (Å²) in [5.41, 5.74) is -0.0853. The monoisotopic (exact) mass is 261 g/mol. The second-order valence-electron chi connectivity index (χ2n) is 4.48. The van der Waals surface area contributed by atoms with Gasteiger partial charge in [-0.05, 0) is 18.9 Å². The predicted molar refractivity (Wildman–Crippen MR) is 65.8 cm³/mol. The molecule has 0 bridgehead atoms. The Morgan fingerprint density at radius 3 is 2.79 bits per heavy atom. The van der Waals surface area contributed by atoms with Gasteiger partial charge in [0.15, 0.2) is 0 Å². The van der Waals surface area contributed by atoms with E-state index in [1.807, 2.05) is 0 Å². The predicted octanol–water partition coefficient (Wildman–Crippen LogP) is 1.75. The Labute approximate surface area is 108 Å². The Morgan fingerprint density at radius 2 is 2.16 bits per heavy atom. The zero-order chi connectivity index (χ0) is 13.3. The normalized spacial score (nSPS) is 15.8. The van der Waals surface area contributed by atoms with Crippen LogP contribution in [0.1, 0.15) is 18.4 Å². The van der Waals surface area contributed by atoms with Crippen molar-refractivity contribution < 1.29 is 9.18 Å². The van der Waals surface area contributed by atoms with Crippen LogP contribution >= 0.6 is 0 Å². The van der Waals surface area contributed by atoms with Crippen LogP contribution in [-0.2, 0) is 5.54 Å². The van der Waals surface area contributed by atoms with Gasteiger partial charge in [-0.3, -0.25) is 5.32 Å². The van der Waals surface area contributed by atoms with E-state index in [0.717, 1.165) is 12.8 Å². The van der Waals surface area contributed by atoms with Crippen LogP contribution in [-0.4, -0.2) is 21.2 Å². The molecule has 1 aromatic carbocycles. The second-order valence-corrected chi connectivity index (χ2v) is 4.48. The maximum atomic E-state index is 13.8. The zero-order valence-corrected chi connectivity index (χ0v) is 9.98. The van der Waals surface area contributed by atoms with Crippen LogP contribution in [0.4, 0.5) is 15.1 Å². The third-order valence-corrected chi connectivity index (χ3v) is 3.14. The van der Waals surface area contributed by atoms with Crippen molar-refractivity contribution in [3.63, 3.8) is 0 Å². The molecule has 0 spiro atoms. The SMILES string of the molecule is O=C(Nc1ncn[nH]1)NC1(c2ccccc2F)CC1. The average molecular weight is 261 g/mol. The third kappa shape index (κ3) is 2.26. The Morgan fingerprint density at radius 1 is 1.37 bits per heavy atom. The number of amides is 2. The number of aromatic nitrogens is 3. The van der Waals surface area contributed by atoms with Crippen LogP contribution < -0.4 is 10.6 Å². The maximum absolute atomic E-state index is 13.8. The summed E-state index contributed by atoms with van der Waals surface area (Å²) in [5.74, 6) is -0.0539. The van der Waals surface area contributed by atoms with E-state index in [1.54, 1.807) is 18.2 Å². The number of nitrogens with zero attached hydrogens (tertiary/aromatic N) is 2. The van der Waals surface area contributed by atoms with Gasteiger partial charge < -0.3 is 5.32 Å². The number of carbonyl (C=O) groups excluding carboxylic acids is 1. The molecule has 1 aromatic heterocycles. The summed E-state index contributed by atoms with van der Waals surface area (Å²) in [6.45, 7) is 0. The number of urea groups is 1. The standard InChI is InChI=1S/C12H12FN5O/c13-9-4-2-1-3-8(9)12(5-6-12)17-11(19)16-10-14-7-15-18-10/h1-4,7H,5-6H2,(H3,14,15,16,17,18,19). The minimum Gasteiger partial charge on any atom is -0.328 e. The first-order valence-corrected chi connectivity index (χ1v) is 5.89. The first-order chi connectivity index (χ1) is 9.20. The van der Waals surface area contributed by atoms with Crippen LogP contribution in [0, 0.1) is 5.82 Å². The van der Waals surface area contributed by atoms with Crippen molar-refractivity contribution in [1.82, 2.24) is 20.5 Å². The molecule has 0 unspecified atom stereocenters. The van der Waals surface area contributed by atoms with Crippen LogP contribution in [0.2, 0.25) is 0 Å². The van der Waals surface area contributed by atoms with Crippen LogP contribution in [0.3, 0.4) is 0 Å². The molecule has 3 N–H and O–H groups in total. The van der Waals surface area contributed by atoms with E-state index in [1.165, 1.54) is 12.4 Å². The van der Waals surface area contributed by atoms with E-state index in [2.05, 4.69) is 25.8 Å². The summed E-state index contributed by atoms with van der Waals surface area (Å²) >= 11 is 0. The Hall–Kier alpha value is -2.44. The maximum Gasteiger partial charge on any atom is 0.322 e. The van der Waals surface area contributed by atoms with Gasteiger partial charge >= 0.3 is 6.03 Å². The molecule has 98 valence electrons. The molecular formula is C12H12FN5O. The lowest BCUT2D eigenvalue weighted by Gasteiger charge is -2.18. The zero-order valence-electron chi connectivity index (χ0n) is 9.98. The molecule has 6 nitrogen and oxygen atoms in total. The number of halogens is 1. The van der Waals surface area contributed by atoms with E-state index in [0.29, 0.717) is 5.56 Å². The first kappa shape index (κ1) is 11.6. The summed E-state index contributed by atoms with van der Waals surface area (Å²) in [6.07, 6.45) is 2.73. The van der Waals surface area contributed by atoms with Crippen molar-refractivity contribution in [2.45, 2.75) is 18.4 Å². The fraction of sp³-hybridized carbons (Fsp3) is 0.250. The van der Waals surface area contributed by atoms with Gasteiger partial charge in [-0.25, -0.2) is 14.3 Å². The van der Waals surface area contributed by atoms with E-state index < -0.39 is 11.6 Å². The van der Waals surface area contributed by atoms with Gasteiger partial charge in [0.05, 0.1) is 5.54 Å². The average Bonchev–Trinajstić information content (AvgIpc) is 2.97. The van der Waals surface area contributed by atoms with Crippen LogP contribution in [0.5, 0.6) is 0 Å². The number of rotatable bonds is 3. The minimum atomic E-state index is -0.602. The molecule has 1 heterocycles. The molecule has 19 heavy (non-hydrogen) atoms. The smallest absolute Gasteiger partial charge is 0.322 e. The molecule has 1 aliphatic carbocycles. The Bertz CT molecular complexity index is 594. The molecule has 1 fully saturated rings. The number of anilines is 1. The number of hydrogen-bond acceptors (Lipinski definition) is 3. The largest absolute Gasteiger partial charge is 0.328 e. The van der Waals surface area contributed by atoms with E-state index in [4.69, 9.17) is 0 Å². The highest BCUT2D eigenvalue weighted by Gasteiger charge is 2.47. The number of hydrogen-bond donors (Lipinski definition) is 3. The first-order valence-electron chi connectivity index (χ1n) is 5.89. The second kappa shape index (κ2) is 4.34. The summed E-state index contributed by atoms with van der Waals surface area (Å²) in [4.78, 5) is 15.6. The van der Waals surface area contributed by atoms with Crippen molar-refractivity contribution in [3.05, 3.63) is 42.0 Å². The lowest BCUT2D eigenvalue weighted by Crippen LogP contribution is -2.38. The van der Waals surface area contributed by atoms with Gasteiger partial charge in [-0.1, -0.05) is 18.2 Å². The number of nitrogens with one attached hydrogen (secondary N) is 3. The number of H-pyrrole nitrogens is 1. The van der Waals surface area contributed by atoms with Gasteiger partial charge in [0, 0.05) is 5.56 Å². The molecule has 3 rings (SSSR count). The molecule has 0 radical (unpaired) electrons. The minimum absolute atomic E-state index is 0.252. The van der Waals surface area contributed by atoms with Crippen molar-refractivity contribution in [2.24, 2.45) is 0 Å². The van der Waals surface area contributed by atoms with Crippen molar-refractivity contribution in [3.8, 4) is 0 Å². The molecule has 2 aromatic rings. The molecule has 1 aliphatic rings. The topological polar surface area (TPSA) is 82.7 Å². The summed E-state index contributed by atoms with van der Waals surface area (Å²) in [6, 6.07) is 6.04. The van der Waals surface area contributed by atoms with Gasteiger partial charge in [-0.15, -0.1) is 0 Å². The van der Waals surface area contributed by atoms with Crippen LogP contribution in [0.15, 0.2) is 30.6 Å². The molecule has 2 amide bonds. The van der Waals surface area contributed by atoms with E-state index >= 15 is 0 Å². The lowest BCUT2D eigenvalue weighted by molar-refractivity contribution is 0.247. The molecule has 0 aliphatic heterocycles. The van der Waals surface area contributed by atoms with Gasteiger partial charge in [0.1, 0.15) is 12.1 Å². The third-order valence-electron chi connectivity index (χ3n) is 3.14. The molecular weight excluding hydrogens is 249 g/mol. The van der Waals surface area contributed by atoms with Gasteiger partial charge in [0.2, 0.25) is 5.95 Å². The number of aromatic amines is 1. The van der Waals surface area contributed by atoms with E-state index in [9.17, 15) is 9.18 Å². The van der Waals surface area contributed by atoms with E-state index in [-0.39, 0.29) is 11.8 Å². The lowest BCUT2D eigenvalue weighted by atomic mass is 10.0. The molecule has 7 heteroatoms. The van der Waals surface area contributed by atoms with Crippen molar-refractivity contribution in [2.75, 3.05) is 5.32 Å². The number of benzene rings is 1. The fourth-order valence-corrected chi connectivity index (χ4v) is 2.06. The fourth-order valence-electron chi connectivity index (χ4n) is 2.06. The summed E-state index contributed by atoms with van der Waals surface area (Å²) in [5, 5.41) is 11.4. The van der Waals surface area contributed by atoms with Crippen molar-refractivity contribution in [1.29, 1.82) is 0 Å². The Kier molecular flexibility index (Phi) is 2.66. The van der Waals surface area contributed by atoms with Crippen molar-refractivity contribution >= 4 is 12.0 Å². The van der Waals surface area contributed by atoms with Crippen LogP contribution in [0.25, 0.3) is 0 Å². The molecule has 0 atom stereocenters. The Balaban J connectivity index is 1.73. The van der Waals surface area contributed by atoms with Gasteiger partial charge in [-0.2, -0.15) is 10.1 Å². The molecule has 1 saturated carbocycles. The summed E-state index contributed by atoms with van der Waals surface area (Å²) in [7, 11) is 0. The summed E-state index contributed by atoms with van der Waals surface area (Å²) < 4.78 is 13.8. The quantitative estimate of drug-likeness (QED) is 0.787. The highest BCUT2D eigenvalue weighted by atomic mass is 19.1. The van der Waals surface area contributed by atoms with Gasteiger partial charge in [0.25, 0.3) is 0 Å². The molecule has 0 saturated heterocycles. The highest BCUT2D eigenvalue weighted by molar-refractivity contribution is 5.88.